The van der Waals surface area contributed by atoms with Crippen molar-refractivity contribution in [2.75, 3.05) is 5.32 Å². The Labute approximate surface area is 130 Å². The molecule has 1 heterocycles. The van der Waals surface area contributed by atoms with Crippen molar-refractivity contribution in [2.45, 2.75) is 51.6 Å². The SMILES string of the molecule is CCC(C)C1C(=O)Nc2cccc(C3CC3)c2CN1C(N)=O. The summed E-state index contributed by atoms with van der Waals surface area (Å²) in [7, 11) is 0. The Balaban J connectivity index is 2.04. The van der Waals surface area contributed by atoms with Gasteiger partial charge < -0.3 is 16.0 Å². The maximum absolute atomic E-state index is 12.6. The molecule has 22 heavy (non-hydrogen) atoms. The molecule has 3 amide bonds. The van der Waals surface area contributed by atoms with Crippen molar-refractivity contribution < 1.29 is 9.59 Å². The van der Waals surface area contributed by atoms with Crippen LogP contribution in [0.2, 0.25) is 0 Å². The summed E-state index contributed by atoms with van der Waals surface area (Å²) in [4.78, 5) is 26.1. The van der Waals surface area contributed by atoms with Crippen molar-refractivity contribution in [3.63, 3.8) is 0 Å². The smallest absolute Gasteiger partial charge is 0.315 e. The second kappa shape index (κ2) is 5.63. The molecule has 3 rings (SSSR count). The quantitative estimate of drug-likeness (QED) is 0.900. The summed E-state index contributed by atoms with van der Waals surface area (Å²) in [5.74, 6) is 0.479. The molecule has 2 aliphatic rings. The van der Waals surface area contributed by atoms with Gasteiger partial charge in [0, 0.05) is 5.69 Å². The van der Waals surface area contributed by atoms with Crippen LogP contribution in [0.25, 0.3) is 0 Å². The van der Waals surface area contributed by atoms with Gasteiger partial charge in [-0.1, -0.05) is 32.4 Å². The number of nitrogens with one attached hydrogen (secondary N) is 1. The Kier molecular flexibility index (Phi) is 3.81. The first-order valence-corrected chi connectivity index (χ1v) is 8.01. The maximum atomic E-state index is 12.6. The number of hydrogen-bond donors (Lipinski definition) is 2. The molecule has 1 aliphatic carbocycles. The van der Waals surface area contributed by atoms with E-state index in [0.717, 1.165) is 17.7 Å². The average Bonchev–Trinajstić information content (AvgIpc) is 3.31. The molecular weight excluding hydrogens is 278 g/mol. The number of primary amides is 1. The molecule has 0 bridgehead atoms. The van der Waals surface area contributed by atoms with E-state index in [1.807, 2.05) is 26.0 Å². The lowest BCUT2D eigenvalue weighted by molar-refractivity contribution is -0.121. The van der Waals surface area contributed by atoms with Crippen LogP contribution in [0.1, 0.15) is 50.2 Å². The van der Waals surface area contributed by atoms with Crippen molar-refractivity contribution in [1.29, 1.82) is 0 Å². The normalized spacial score (nSPS) is 22.5. The van der Waals surface area contributed by atoms with Crippen molar-refractivity contribution in [1.82, 2.24) is 4.90 Å². The molecule has 118 valence electrons. The maximum Gasteiger partial charge on any atom is 0.315 e. The zero-order chi connectivity index (χ0) is 15.9. The lowest BCUT2D eigenvalue weighted by Gasteiger charge is -2.31. The molecule has 5 heteroatoms. The van der Waals surface area contributed by atoms with Gasteiger partial charge in [-0.25, -0.2) is 4.79 Å². The van der Waals surface area contributed by atoms with Crippen LogP contribution >= 0.6 is 0 Å². The van der Waals surface area contributed by atoms with Gasteiger partial charge in [0.05, 0.1) is 6.54 Å². The van der Waals surface area contributed by atoms with Crippen molar-refractivity contribution in [3.05, 3.63) is 29.3 Å². The molecule has 1 aromatic carbocycles. The summed E-state index contributed by atoms with van der Waals surface area (Å²) in [6.45, 7) is 4.41. The molecule has 1 saturated carbocycles. The highest BCUT2D eigenvalue weighted by Crippen LogP contribution is 2.44. The summed E-state index contributed by atoms with van der Waals surface area (Å²) in [5.41, 5.74) is 8.70. The predicted octanol–water partition coefficient (Wildman–Crippen LogP) is 2.81. The number of carbonyl (C=O) groups excluding carboxylic acids is 2. The Morgan fingerprint density at radius 3 is 2.77 bits per heavy atom. The first kappa shape index (κ1) is 14.9. The van der Waals surface area contributed by atoms with Gasteiger partial charge in [0.1, 0.15) is 6.04 Å². The lowest BCUT2D eigenvalue weighted by atomic mass is 9.96. The Morgan fingerprint density at radius 1 is 1.45 bits per heavy atom. The van der Waals surface area contributed by atoms with Crippen LogP contribution in [-0.2, 0) is 11.3 Å². The molecular formula is C17H23N3O2. The van der Waals surface area contributed by atoms with Crippen LogP contribution in [0.3, 0.4) is 0 Å². The minimum absolute atomic E-state index is 0.0613. The summed E-state index contributed by atoms with van der Waals surface area (Å²) < 4.78 is 0. The summed E-state index contributed by atoms with van der Waals surface area (Å²) >= 11 is 0. The van der Waals surface area contributed by atoms with Crippen LogP contribution in [0.4, 0.5) is 10.5 Å². The van der Waals surface area contributed by atoms with Gasteiger partial charge in [-0.2, -0.15) is 0 Å². The van der Waals surface area contributed by atoms with Crippen LogP contribution < -0.4 is 11.1 Å². The molecule has 1 fully saturated rings. The number of nitrogens with two attached hydrogens (primary N) is 1. The van der Waals surface area contributed by atoms with E-state index in [-0.39, 0.29) is 11.8 Å². The van der Waals surface area contributed by atoms with Crippen LogP contribution in [-0.4, -0.2) is 22.9 Å². The number of amides is 3. The second-order valence-corrected chi connectivity index (χ2v) is 6.43. The van der Waals surface area contributed by atoms with Gasteiger partial charge in [-0.15, -0.1) is 0 Å². The van der Waals surface area contributed by atoms with Crippen molar-refractivity contribution in [2.24, 2.45) is 11.7 Å². The molecule has 1 aromatic rings. The molecule has 2 unspecified atom stereocenters. The first-order chi connectivity index (χ1) is 10.5. The van der Waals surface area contributed by atoms with Crippen LogP contribution in [0.5, 0.6) is 0 Å². The van der Waals surface area contributed by atoms with E-state index in [9.17, 15) is 9.59 Å². The summed E-state index contributed by atoms with van der Waals surface area (Å²) in [6, 6.07) is 4.95. The monoisotopic (exact) mass is 301 g/mol. The average molecular weight is 301 g/mol. The van der Waals surface area contributed by atoms with Gasteiger partial charge in [0.25, 0.3) is 0 Å². The van der Waals surface area contributed by atoms with Crippen molar-refractivity contribution in [3.8, 4) is 0 Å². The molecule has 0 radical (unpaired) electrons. The number of fused-ring (bicyclic) bond motifs is 1. The summed E-state index contributed by atoms with van der Waals surface area (Å²) in [6.07, 6.45) is 3.17. The van der Waals surface area contributed by atoms with Gasteiger partial charge in [0.2, 0.25) is 5.91 Å². The number of anilines is 1. The minimum Gasteiger partial charge on any atom is -0.351 e. The van der Waals surface area contributed by atoms with E-state index in [1.165, 1.54) is 23.3 Å². The molecule has 1 aliphatic heterocycles. The van der Waals surface area contributed by atoms with E-state index < -0.39 is 12.1 Å². The van der Waals surface area contributed by atoms with Crippen molar-refractivity contribution >= 4 is 17.6 Å². The van der Waals surface area contributed by atoms with Gasteiger partial charge >= 0.3 is 6.03 Å². The number of hydrogen-bond acceptors (Lipinski definition) is 2. The zero-order valence-electron chi connectivity index (χ0n) is 13.1. The Morgan fingerprint density at radius 2 is 2.18 bits per heavy atom. The highest BCUT2D eigenvalue weighted by Gasteiger charge is 2.37. The Bertz CT molecular complexity index is 610. The molecule has 0 aromatic heterocycles. The molecule has 0 spiro atoms. The molecule has 0 saturated heterocycles. The highest BCUT2D eigenvalue weighted by molar-refractivity contribution is 5.99. The number of carbonyl (C=O) groups is 2. The van der Waals surface area contributed by atoms with E-state index in [4.69, 9.17) is 5.73 Å². The fraction of sp³-hybridized carbons (Fsp3) is 0.529. The third-order valence-electron chi connectivity index (χ3n) is 4.89. The first-order valence-electron chi connectivity index (χ1n) is 8.01. The number of nitrogens with zero attached hydrogens (tertiary/aromatic N) is 1. The van der Waals surface area contributed by atoms with Gasteiger partial charge in [0.15, 0.2) is 0 Å². The van der Waals surface area contributed by atoms with E-state index in [1.54, 1.807) is 0 Å². The number of benzene rings is 1. The van der Waals surface area contributed by atoms with Gasteiger partial charge in [-0.05, 0) is 41.9 Å². The minimum atomic E-state index is -0.529. The largest absolute Gasteiger partial charge is 0.351 e. The molecule has 3 N–H and O–H groups in total. The third kappa shape index (κ3) is 2.56. The standard InChI is InChI=1S/C17H23N3O2/c1-3-10(2)15-16(21)19-14-6-4-5-12(11-7-8-11)13(14)9-20(15)17(18)22/h4-6,10-11,15H,3,7-9H2,1-2H3,(H2,18,22)(H,19,21). The van der Waals surface area contributed by atoms with Crippen LogP contribution in [0, 0.1) is 5.92 Å². The zero-order valence-corrected chi connectivity index (χ0v) is 13.1. The summed E-state index contributed by atoms with van der Waals surface area (Å²) in [5, 5.41) is 3.01. The van der Waals surface area contributed by atoms with Crippen LogP contribution in [0.15, 0.2) is 18.2 Å². The number of rotatable bonds is 3. The predicted molar refractivity (Wildman–Crippen MR) is 85.4 cm³/mol. The topological polar surface area (TPSA) is 75.4 Å². The number of urea groups is 1. The Hall–Kier alpha value is -2.04. The highest BCUT2D eigenvalue weighted by atomic mass is 16.2. The fourth-order valence-corrected chi connectivity index (χ4v) is 3.30. The van der Waals surface area contributed by atoms with E-state index >= 15 is 0 Å². The third-order valence-corrected chi connectivity index (χ3v) is 4.89. The second-order valence-electron chi connectivity index (χ2n) is 6.43. The molecule has 5 nitrogen and oxygen atoms in total. The van der Waals surface area contributed by atoms with E-state index in [0.29, 0.717) is 12.5 Å². The van der Waals surface area contributed by atoms with Gasteiger partial charge in [-0.3, -0.25) is 4.79 Å². The fourth-order valence-electron chi connectivity index (χ4n) is 3.30. The molecule has 2 atom stereocenters. The van der Waals surface area contributed by atoms with E-state index in [2.05, 4.69) is 11.4 Å². The lowest BCUT2D eigenvalue weighted by Crippen LogP contribution is -2.50.